The Labute approximate surface area is 96.3 Å². The second kappa shape index (κ2) is 3.62. The maximum atomic E-state index is 11.7. The first kappa shape index (κ1) is 9.88. The van der Waals surface area contributed by atoms with E-state index in [4.69, 9.17) is 0 Å². The van der Waals surface area contributed by atoms with Gasteiger partial charge in [0.1, 0.15) is 5.78 Å². The van der Waals surface area contributed by atoms with Gasteiger partial charge in [-0.2, -0.15) is 0 Å². The van der Waals surface area contributed by atoms with Crippen molar-refractivity contribution in [1.82, 2.24) is 0 Å². The number of rotatable bonds is 0. The number of piperidine rings is 1. The molecule has 1 fully saturated rings. The highest BCUT2D eigenvalue weighted by molar-refractivity contribution is 5.84. The standard InChI is InChI=1S/C14H17NO/c1-10-12-7-6-11-4-2-3-5-13(11)15(12)9-8-14(10)16/h2-5,10,12H,6-9H2,1H3/t10-,12+/m0/s1. The van der Waals surface area contributed by atoms with Crippen LogP contribution in [0.5, 0.6) is 0 Å². The van der Waals surface area contributed by atoms with Gasteiger partial charge in [0.05, 0.1) is 0 Å². The summed E-state index contributed by atoms with van der Waals surface area (Å²) in [5.41, 5.74) is 2.80. The van der Waals surface area contributed by atoms with Gasteiger partial charge in [0.15, 0.2) is 0 Å². The molecule has 2 aliphatic rings. The first-order valence-electron chi connectivity index (χ1n) is 6.14. The van der Waals surface area contributed by atoms with Crippen LogP contribution in [0.1, 0.15) is 25.3 Å². The molecule has 0 saturated carbocycles. The fraction of sp³-hybridized carbons (Fsp3) is 0.500. The van der Waals surface area contributed by atoms with Crippen LogP contribution in [0.2, 0.25) is 0 Å². The fourth-order valence-electron chi connectivity index (χ4n) is 3.12. The molecule has 2 nitrogen and oxygen atoms in total. The van der Waals surface area contributed by atoms with Gasteiger partial charge in [-0.1, -0.05) is 25.1 Å². The number of benzene rings is 1. The summed E-state index contributed by atoms with van der Waals surface area (Å²) in [6.07, 6.45) is 2.96. The molecule has 1 aromatic carbocycles. The summed E-state index contributed by atoms with van der Waals surface area (Å²) >= 11 is 0. The topological polar surface area (TPSA) is 20.3 Å². The Hall–Kier alpha value is -1.31. The molecule has 0 aromatic heterocycles. The first-order valence-corrected chi connectivity index (χ1v) is 6.14. The van der Waals surface area contributed by atoms with E-state index in [-0.39, 0.29) is 5.92 Å². The van der Waals surface area contributed by atoms with Crippen molar-refractivity contribution < 1.29 is 4.79 Å². The van der Waals surface area contributed by atoms with Crippen LogP contribution < -0.4 is 4.90 Å². The zero-order valence-electron chi connectivity index (χ0n) is 9.65. The van der Waals surface area contributed by atoms with Crippen molar-refractivity contribution in [3.63, 3.8) is 0 Å². The van der Waals surface area contributed by atoms with Crippen molar-refractivity contribution in [1.29, 1.82) is 0 Å². The molecule has 1 saturated heterocycles. The molecule has 3 rings (SSSR count). The highest BCUT2D eigenvalue weighted by Gasteiger charge is 2.36. The number of carbonyl (C=O) groups is 1. The quantitative estimate of drug-likeness (QED) is 0.662. The third-order valence-electron chi connectivity index (χ3n) is 4.09. The molecule has 84 valence electrons. The van der Waals surface area contributed by atoms with Crippen LogP contribution in [0.25, 0.3) is 0 Å². The van der Waals surface area contributed by atoms with E-state index in [1.807, 2.05) is 0 Å². The number of para-hydroxylation sites is 1. The van der Waals surface area contributed by atoms with E-state index in [1.54, 1.807) is 0 Å². The summed E-state index contributed by atoms with van der Waals surface area (Å²) in [7, 11) is 0. The molecule has 2 aliphatic heterocycles. The molecular formula is C14H17NO. The Kier molecular flexibility index (Phi) is 2.23. The van der Waals surface area contributed by atoms with E-state index in [0.29, 0.717) is 18.2 Å². The van der Waals surface area contributed by atoms with Gasteiger partial charge >= 0.3 is 0 Å². The second-order valence-corrected chi connectivity index (χ2v) is 4.93. The van der Waals surface area contributed by atoms with E-state index in [1.165, 1.54) is 11.3 Å². The number of hydrogen-bond acceptors (Lipinski definition) is 2. The highest BCUT2D eigenvalue weighted by atomic mass is 16.1. The summed E-state index contributed by atoms with van der Waals surface area (Å²) in [4.78, 5) is 14.2. The number of aryl methyl sites for hydroxylation is 1. The van der Waals surface area contributed by atoms with Crippen molar-refractivity contribution >= 4 is 11.5 Å². The molecule has 2 atom stereocenters. The van der Waals surface area contributed by atoms with Crippen molar-refractivity contribution in [3.8, 4) is 0 Å². The van der Waals surface area contributed by atoms with Crippen LogP contribution >= 0.6 is 0 Å². The predicted octanol–water partition coefficient (Wildman–Crippen LogP) is 2.42. The number of nitrogens with zero attached hydrogens (tertiary/aromatic N) is 1. The summed E-state index contributed by atoms with van der Waals surface area (Å²) < 4.78 is 0. The maximum Gasteiger partial charge on any atom is 0.139 e. The van der Waals surface area contributed by atoms with Crippen LogP contribution in [0.15, 0.2) is 24.3 Å². The van der Waals surface area contributed by atoms with Crippen molar-refractivity contribution in [2.75, 3.05) is 11.4 Å². The molecule has 0 N–H and O–H groups in total. The summed E-state index contributed by atoms with van der Waals surface area (Å²) in [5.74, 6) is 0.655. The molecule has 0 amide bonds. The largest absolute Gasteiger partial charge is 0.367 e. The van der Waals surface area contributed by atoms with Crippen LogP contribution in [-0.4, -0.2) is 18.4 Å². The number of hydrogen-bond donors (Lipinski definition) is 0. The van der Waals surface area contributed by atoms with Gasteiger partial charge in [-0.05, 0) is 24.5 Å². The predicted molar refractivity (Wildman–Crippen MR) is 64.7 cm³/mol. The minimum Gasteiger partial charge on any atom is -0.367 e. The lowest BCUT2D eigenvalue weighted by Crippen LogP contribution is -2.50. The number of Topliss-reactive ketones (excluding diaryl/α,β-unsaturated/α-hetero) is 1. The smallest absolute Gasteiger partial charge is 0.139 e. The number of anilines is 1. The van der Waals surface area contributed by atoms with E-state index < -0.39 is 0 Å². The monoisotopic (exact) mass is 215 g/mol. The molecule has 0 radical (unpaired) electrons. The van der Waals surface area contributed by atoms with Crippen molar-refractivity contribution in [2.45, 2.75) is 32.2 Å². The Morgan fingerprint density at radius 3 is 2.94 bits per heavy atom. The zero-order chi connectivity index (χ0) is 11.1. The van der Waals surface area contributed by atoms with E-state index in [9.17, 15) is 4.79 Å². The molecule has 1 aromatic rings. The Morgan fingerprint density at radius 1 is 1.25 bits per heavy atom. The number of fused-ring (bicyclic) bond motifs is 3. The second-order valence-electron chi connectivity index (χ2n) is 4.93. The van der Waals surface area contributed by atoms with Gasteiger partial charge in [-0.3, -0.25) is 4.79 Å². The summed E-state index contributed by atoms with van der Waals surface area (Å²) in [6.45, 7) is 3.00. The normalized spacial score (nSPS) is 28.6. The Bertz CT molecular complexity index is 426. The van der Waals surface area contributed by atoms with Crippen molar-refractivity contribution in [3.05, 3.63) is 29.8 Å². The lowest BCUT2D eigenvalue weighted by atomic mass is 9.82. The Balaban J connectivity index is 1.99. The van der Waals surface area contributed by atoms with E-state index >= 15 is 0 Å². The summed E-state index contributed by atoms with van der Waals surface area (Å²) in [5, 5.41) is 0. The summed E-state index contributed by atoms with van der Waals surface area (Å²) in [6, 6.07) is 9.06. The van der Waals surface area contributed by atoms with Crippen LogP contribution in [0.4, 0.5) is 5.69 Å². The first-order chi connectivity index (χ1) is 7.77. The van der Waals surface area contributed by atoms with E-state index in [2.05, 4.69) is 36.1 Å². The molecule has 2 heteroatoms. The third kappa shape index (κ3) is 1.36. The molecular weight excluding hydrogens is 198 g/mol. The van der Waals surface area contributed by atoms with Gasteiger partial charge in [-0.15, -0.1) is 0 Å². The van der Waals surface area contributed by atoms with E-state index in [0.717, 1.165) is 19.4 Å². The van der Waals surface area contributed by atoms with Crippen LogP contribution in [-0.2, 0) is 11.2 Å². The maximum absolute atomic E-state index is 11.7. The molecule has 0 aliphatic carbocycles. The average molecular weight is 215 g/mol. The van der Waals surface area contributed by atoms with Crippen LogP contribution in [0.3, 0.4) is 0 Å². The minimum absolute atomic E-state index is 0.210. The lowest BCUT2D eigenvalue weighted by Gasteiger charge is -2.44. The third-order valence-corrected chi connectivity index (χ3v) is 4.09. The fourth-order valence-corrected chi connectivity index (χ4v) is 3.12. The molecule has 2 heterocycles. The molecule has 16 heavy (non-hydrogen) atoms. The van der Waals surface area contributed by atoms with Crippen molar-refractivity contribution in [2.24, 2.45) is 5.92 Å². The van der Waals surface area contributed by atoms with Gasteiger partial charge in [-0.25, -0.2) is 0 Å². The highest BCUT2D eigenvalue weighted by Crippen LogP contribution is 2.36. The number of carbonyl (C=O) groups excluding carboxylic acids is 1. The molecule has 0 spiro atoms. The zero-order valence-corrected chi connectivity index (χ0v) is 9.65. The minimum atomic E-state index is 0.210. The average Bonchev–Trinajstić information content (AvgIpc) is 2.33. The number of ketones is 1. The van der Waals surface area contributed by atoms with Gasteiger partial charge in [0, 0.05) is 30.6 Å². The van der Waals surface area contributed by atoms with Crippen LogP contribution in [0, 0.1) is 5.92 Å². The molecule has 0 unspecified atom stereocenters. The lowest BCUT2D eigenvalue weighted by molar-refractivity contribution is -0.124. The van der Waals surface area contributed by atoms with Gasteiger partial charge < -0.3 is 4.90 Å². The van der Waals surface area contributed by atoms with Gasteiger partial charge in [0.2, 0.25) is 0 Å². The molecule has 0 bridgehead atoms. The Morgan fingerprint density at radius 2 is 2.06 bits per heavy atom. The SMILES string of the molecule is C[C@@H]1C(=O)CCN2c3ccccc3CC[C@H]12. The van der Waals surface area contributed by atoms with Gasteiger partial charge in [0.25, 0.3) is 0 Å².